The monoisotopic (exact) mass is 187 g/mol. The van der Waals surface area contributed by atoms with Gasteiger partial charge in [0.15, 0.2) is 0 Å². The molecule has 0 spiro atoms. The number of benzene rings is 1. The van der Waals surface area contributed by atoms with E-state index in [1.54, 1.807) is 6.07 Å². The van der Waals surface area contributed by atoms with Gasteiger partial charge >= 0.3 is 0 Å². The van der Waals surface area contributed by atoms with Crippen molar-refractivity contribution in [3.05, 3.63) is 42.6 Å². The van der Waals surface area contributed by atoms with Gasteiger partial charge in [0.2, 0.25) is 0 Å². The number of aryl methyl sites for hydroxylation is 1. The Bertz CT molecular complexity index is 431. The van der Waals surface area contributed by atoms with Crippen LogP contribution in [0.25, 0.3) is 11.3 Å². The average molecular weight is 187 g/mol. The molecule has 0 aliphatic heterocycles. The van der Waals surface area contributed by atoms with Gasteiger partial charge in [-0.3, -0.25) is 0 Å². The van der Waals surface area contributed by atoms with Crippen LogP contribution in [0.1, 0.15) is 6.92 Å². The lowest BCUT2D eigenvalue weighted by Crippen LogP contribution is -1.94. The van der Waals surface area contributed by atoms with Crippen molar-refractivity contribution >= 4 is 0 Å². The first-order valence-electron chi connectivity index (χ1n) is 4.76. The molecule has 0 radical (unpaired) electrons. The van der Waals surface area contributed by atoms with Gasteiger partial charge < -0.3 is 9.67 Å². The van der Waals surface area contributed by atoms with Crippen LogP contribution in [0.4, 0.5) is 0 Å². The first kappa shape index (κ1) is 8.88. The second-order valence-electron chi connectivity index (χ2n) is 3.20. The highest BCUT2D eigenvalue weighted by molar-refractivity contribution is 5.67. The molecule has 1 heterocycles. The van der Waals surface area contributed by atoms with E-state index >= 15 is 0 Å². The molecule has 0 amide bonds. The third-order valence-electron chi connectivity index (χ3n) is 2.35. The van der Waals surface area contributed by atoms with E-state index in [9.17, 15) is 5.11 Å². The maximum atomic E-state index is 9.69. The number of aromatic nitrogens is 1. The number of phenolic OH excluding ortho intramolecular Hbond substituents is 1. The normalized spacial score (nSPS) is 10.4. The van der Waals surface area contributed by atoms with Crippen molar-refractivity contribution < 1.29 is 5.11 Å². The number of nitrogens with zero attached hydrogens (tertiary/aromatic N) is 1. The molecular formula is C12H13NO. The summed E-state index contributed by atoms with van der Waals surface area (Å²) in [7, 11) is 0. The topological polar surface area (TPSA) is 25.2 Å². The van der Waals surface area contributed by atoms with E-state index in [0.717, 1.165) is 17.8 Å². The van der Waals surface area contributed by atoms with Crippen LogP contribution in [0, 0.1) is 0 Å². The standard InChI is InChI=1S/C12H13NO/c1-2-13-9-5-7-11(13)10-6-3-4-8-12(10)14/h3-9,14H,2H2,1H3. The van der Waals surface area contributed by atoms with Crippen LogP contribution >= 0.6 is 0 Å². The highest BCUT2D eigenvalue weighted by atomic mass is 16.3. The smallest absolute Gasteiger partial charge is 0.124 e. The van der Waals surface area contributed by atoms with E-state index in [4.69, 9.17) is 0 Å². The Morgan fingerprint density at radius 2 is 1.93 bits per heavy atom. The Morgan fingerprint density at radius 1 is 1.14 bits per heavy atom. The summed E-state index contributed by atoms with van der Waals surface area (Å²) in [4.78, 5) is 0. The molecule has 0 saturated heterocycles. The third kappa shape index (κ3) is 1.39. The van der Waals surface area contributed by atoms with Crippen LogP contribution in [-0.4, -0.2) is 9.67 Å². The predicted octanol–water partition coefficient (Wildman–Crippen LogP) is 2.88. The fourth-order valence-corrected chi connectivity index (χ4v) is 1.62. The Balaban J connectivity index is 2.54. The zero-order valence-electron chi connectivity index (χ0n) is 8.14. The molecule has 0 aliphatic carbocycles. The van der Waals surface area contributed by atoms with Crippen LogP contribution in [0.15, 0.2) is 42.6 Å². The number of rotatable bonds is 2. The van der Waals surface area contributed by atoms with Gasteiger partial charge in [0.1, 0.15) is 5.75 Å². The van der Waals surface area contributed by atoms with Gasteiger partial charge in [-0.15, -0.1) is 0 Å². The van der Waals surface area contributed by atoms with Crippen molar-refractivity contribution in [2.45, 2.75) is 13.5 Å². The largest absolute Gasteiger partial charge is 0.507 e. The molecule has 0 bridgehead atoms. The summed E-state index contributed by atoms with van der Waals surface area (Å²) in [6.45, 7) is 3.00. The number of phenols is 1. The van der Waals surface area contributed by atoms with E-state index in [1.807, 2.05) is 36.5 Å². The van der Waals surface area contributed by atoms with E-state index in [1.165, 1.54) is 0 Å². The Morgan fingerprint density at radius 3 is 2.64 bits per heavy atom. The second-order valence-corrected chi connectivity index (χ2v) is 3.20. The summed E-state index contributed by atoms with van der Waals surface area (Å²) in [6, 6.07) is 11.4. The van der Waals surface area contributed by atoms with Crippen LogP contribution in [-0.2, 0) is 6.54 Å². The molecule has 14 heavy (non-hydrogen) atoms. The maximum Gasteiger partial charge on any atom is 0.124 e. The molecule has 2 nitrogen and oxygen atoms in total. The minimum Gasteiger partial charge on any atom is -0.507 e. The van der Waals surface area contributed by atoms with Crippen molar-refractivity contribution in [3.8, 4) is 17.0 Å². The summed E-state index contributed by atoms with van der Waals surface area (Å²) in [5.74, 6) is 0.334. The van der Waals surface area contributed by atoms with Gasteiger partial charge in [0, 0.05) is 18.3 Å². The molecule has 0 unspecified atom stereocenters. The first-order chi connectivity index (χ1) is 6.83. The molecule has 72 valence electrons. The molecule has 1 aromatic carbocycles. The molecule has 2 aromatic rings. The lowest BCUT2D eigenvalue weighted by molar-refractivity contribution is 0.476. The molecule has 1 aromatic heterocycles. The van der Waals surface area contributed by atoms with E-state index in [-0.39, 0.29) is 0 Å². The van der Waals surface area contributed by atoms with Gasteiger partial charge in [0.05, 0.1) is 5.69 Å². The van der Waals surface area contributed by atoms with Crippen LogP contribution in [0.3, 0.4) is 0 Å². The van der Waals surface area contributed by atoms with Crippen molar-refractivity contribution in [1.82, 2.24) is 4.57 Å². The molecule has 1 N–H and O–H groups in total. The van der Waals surface area contributed by atoms with Crippen LogP contribution in [0.5, 0.6) is 5.75 Å². The highest BCUT2D eigenvalue weighted by Crippen LogP contribution is 2.28. The molecular weight excluding hydrogens is 174 g/mol. The van der Waals surface area contributed by atoms with Crippen LogP contribution in [0.2, 0.25) is 0 Å². The van der Waals surface area contributed by atoms with E-state index < -0.39 is 0 Å². The second kappa shape index (κ2) is 3.58. The Labute approximate surface area is 83.4 Å². The number of aromatic hydroxyl groups is 1. The molecule has 0 aliphatic rings. The maximum absolute atomic E-state index is 9.69. The predicted molar refractivity (Wildman–Crippen MR) is 57.2 cm³/mol. The highest BCUT2D eigenvalue weighted by Gasteiger charge is 2.06. The summed E-state index contributed by atoms with van der Waals surface area (Å²) in [5.41, 5.74) is 1.95. The molecule has 2 heteroatoms. The van der Waals surface area contributed by atoms with Gasteiger partial charge in [-0.1, -0.05) is 12.1 Å². The van der Waals surface area contributed by atoms with E-state index in [0.29, 0.717) is 5.75 Å². The SMILES string of the molecule is CCn1cccc1-c1ccccc1O. The molecule has 0 atom stereocenters. The van der Waals surface area contributed by atoms with Gasteiger partial charge in [0.25, 0.3) is 0 Å². The lowest BCUT2D eigenvalue weighted by atomic mass is 10.1. The minimum absolute atomic E-state index is 0.334. The Kier molecular flexibility index (Phi) is 2.27. The molecule has 2 rings (SSSR count). The van der Waals surface area contributed by atoms with Gasteiger partial charge in [-0.05, 0) is 31.2 Å². The van der Waals surface area contributed by atoms with Crippen LogP contribution < -0.4 is 0 Å². The summed E-state index contributed by atoms with van der Waals surface area (Å²) < 4.78 is 2.11. The van der Waals surface area contributed by atoms with Gasteiger partial charge in [-0.2, -0.15) is 0 Å². The molecule has 0 fully saturated rings. The summed E-state index contributed by atoms with van der Waals surface area (Å²) in [6.07, 6.45) is 2.02. The third-order valence-corrected chi connectivity index (χ3v) is 2.35. The average Bonchev–Trinajstić information content (AvgIpc) is 2.66. The zero-order valence-corrected chi connectivity index (χ0v) is 8.14. The Hall–Kier alpha value is -1.70. The van der Waals surface area contributed by atoms with Gasteiger partial charge in [-0.25, -0.2) is 0 Å². The van der Waals surface area contributed by atoms with E-state index in [2.05, 4.69) is 11.5 Å². The number of hydrogen-bond acceptors (Lipinski definition) is 1. The van der Waals surface area contributed by atoms with Crippen molar-refractivity contribution in [3.63, 3.8) is 0 Å². The van der Waals surface area contributed by atoms with Crippen molar-refractivity contribution in [2.24, 2.45) is 0 Å². The number of hydrogen-bond donors (Lipinski definition) is 1. The minimum atomic E-state index is 0.334. The lowest BCUT2D eigenvalue weighted by Gasteiger charge is -2.07. The summed E-state index contributed by atoms with van der Waals surface area (Å²) in [5, 5.41) is 9.69. The molecule has 0 saturated carbocycles. The summed E-state index contributed by atoms with van der Waals surface area (Å²) >= 11 is 0. The quantitative estimate of drug-likeness (QED) is 0.768. The van der Waals surface area contributed by atoms with Crippen molar-refractivity contribution in [1.29, 1.82) is 0 Å². The fourth-order valence-electron chi connectivity index (χ4n) is 1.62. The number of para-hydroxylation sites is 1. The van der Waals surface area contributed by atoms with Crippen molar-refractivity contribution in [2.75, 3.05) is 0 Å². The first-order valence-corrected chi connectivity index (χ1v) is 4.76. The zero-order chi connectivity index (χ0) is 9.97. The fraction of sp³-hybridized carbons (Fsp3) is 0.167.